The Labute approximate surface area is 148 Å². The Kier molecular flexibility index (Phi) is 5.51. The van der Waals surface area contributed by atoms with Crippen molar-refractivity contribution in [2.24, 2.45) is 0 Å². The van der Waals surface area contributed by atoms with Crippen LogP contribution in [0.3, 0.4) is 0 Å². The molecule has 0 radical (unpaired) electrons. The molecule has 1 aromatic heterocycles. The van der Waals surface area contributed by atoms with Gasteiger partial charge in [0.25, 0.3) is 0 Å². The number of carbonyl (C=O) groups excluding carboxylic acids is 1. The first kappa shape index (κ1) is 17.2. The minimum Gasteiger partial charge on any atom is -0.361 e. The van der Waals surface area contributed by atoms with Crippen LogP contribution in [0.1, 0.15) is 23.1 Å². The predicted octanol–water partition coefficient (Wildman–Crippen LogP) is 3.95. The van der Waals surface area contributed by atoms with E-state index in [1.165, 1.54) is 22.0 Å². The SMILES string of the molecule is Cc1ccc(NC(=O)CCNCCc2c[nH]c3ccccc23)c(C)c1. The maximum Gasteiger partial charge on any atom is 0.225 e. The van der Waals surface area contributed by atoms with Crippen molar-refractivity contribution in [3.05, 3.63) is 65.4 Å². The van der Waals surface area contributed by atoms with Gasteiger partial charge in [-0.3, -0.25) is 4.79 Å². The fourth-order valence-electron chi connectivity index (χ4n) is 3.05. The zero-order valence-electron chi connectivity index (χ0n) is 14.9. The Morgan fingerprint density at radius 1 is 1.08 bits per heavy atom. The largest absolute Gasteiger partial charge is 0.361 e. The fourth-order valence-corrected chi connectivity index (χ4v) is 3.05. The molecule has 3 rings (SSSR count). The van der Waals surface area contributed by atoms with Crippen LogP contribution in [0.2, 0.25) is 0 Å². The number of amides is 1. The average Bonchev–Trinajstić information content (AvgIpc) is 3.00. The smallest absolute Gasteiger partial charge is 0.225 e. The molecule has 3 N–H and O–H groups in total. The second-order valence-corrected chi connectivity index (χ2v) is 6.48. The lowest BCUT2D eigenvalue weighted by molar-refractivity contribution is -0.116. The third kappa shape index (κ3) is 4.48. The third-order valence-electron chi connectivity index (χ3n) is 4.43. The third-order valence-corrected chi connectivity index (χ3v) is 4.43. The van der Waals surface area contributed by atoms with Gasteiger partial charge in [0.1, 0.15) is 0 Å². The maximum absolute atomic E-state index is 12.1. The van der Waals surface area contributed by atoms with Crippen molar-refractivity contribution in [3.8, 4) is 0 Å². The van der Waals surface area contributed by atoms with Crippen molar-refractivity contribution < 1.29 is 4.79 Å². The molecule has 4 heteroatoms. The molecule has 0 saturated carbocycles. The number of anilines is 1. The highest BCUT2D eigenvalue weighted by Crippen LogP contribution is 2.18. The molecule has 1 heterocycles. The van der Waals surface area contributed by atoms with Crippen molar-refractivity contribution in [2.75, 3.05) is 18.4 Å². The number of aromatic amines is 1. The monoisotopic (exact) mass is 335 g/mol. The van der Waals surface area contributed by atoms with Gasteiger partial charge in [-0.05, 0) is 50.1 Å². The minimum atomic E-state index is 0.0477. The van der Waals surface area contributed by atoms with Gasteiger partial charge in [-0.25, -0.2) is 0 Å². The van der Waals surface area contributed by atoms with E-state index in [9.17, 15) is 4.79 Å². The number of benzene rings is 2. The molecule has 1 amide bonds. The van der Waals surface area contributed by atoms with E-state index in [2.05, 4.69) is 53.0 Å². The van der Waals surface area contributed by atoms with Crippen molar-refractivity contribution in [1.29, 1.82) is 0 Å². The van der Waals surface area contributed by atoms with Crippen molar-refractivity contribution in [1.82, 2.24) is 10.3 Å². The molecule has 4 nitrogen and oxygen atoms in total. The van der Waals surface area contributed by atoms with E-state index in [4.69, 9.17) is 0 Å². The lowest BCUT2D eigenvalue weighted by Gasteiger charge is -2.09. The summed E-state index contributed by atoms with van der Waals surface area (Å²) in [5.41, 5.74) is 5.68. The molecule has 2 aromatic carbocycles. The molecule has 25 heavy (non-hydrogen) atoms. The van der Waals surface area contributed by atoms with Gasteiger partial charge < -0.3 is 15.6 Å². The average molecular weight is 335 g/mol. The van der Waals surface area contributed by atoms with Crippen LogP contribution < -0.4 is 10.6 Å². The molecular weight excluding hydrogens is 310 g/mol. The summed E-state index contributed by atoms with van der Waals surface area (Å²) in [5.74, 6) is 0.0477. The van der Waals surface area contributed by atoms with Gasteiger partial charge >= 0.3 is 0 Å². The summed E-state index contributed by atoms with van der Waals surface area (Å²) in [6.07, 6.45) is 3.49. The first-order valence-corrected chi connectivity index (χ1v) is 8.76. The number of H-pyrrole nitrogens is 1. The molecule has 3 aromatic rings. The Morgan fingerprint density at radius 3 is 2.76 bits per heavy atom. The van der Waals surface area contributed by atoms with Gasteiger partial charge in [0.2, 0.25) is 5.91 Å². The number of carbonyl (C=O) groups is 1. The topological polar surface area (TPSA) is 56.9 Å². The molecule has 0 bridgehead atoms. The second kappa shape index (κ2) is 7.99. The predicted molar refractivity (Wildman–Crippen MR) is 104 cm³/mol. The van der Waals surface area contributed by atoms with E-state index in [1.54, 1.807) is 0 Å². The van der Waals surface area contributed by atoms with Crippen LogP contribution >= 0.6 is 0 Å². The number of fused-ring (bicyclic) bond motifs is 1. The first-order valence-electron chi connectivity index (χ1n) is 8.76. The van der Waals surface area contributed by atoms with Crippen molar-refractivity contribution in [3.63, 3.8) is 0 Å². The van der Waals surface area contributed by atoms with E-state index in [0.29, 0.717) is 13.0 Å². The van der Waals surface area contributed by atoms with E-state index in [-0.39, 0.29) is 5.91 Å². The molecule has 130 valence electrons. The maximum atomic E-state index is 12.1. The molecule has 0 aliphatic rings. The van der Waals surface area contributed by atoms with Crippen LogP contribution in [-0.2, 0) is 11.2 Å². The summed E-state index contributed by atoms with van der Waals surface area (Å²) >= 11 is 0. The Balaban J connectivity index is 1.40. The highest BCUT2D eigenvalue weighted by atomic mass is 16.1. The number of hydrogen-bond donors (Lipinski definition) is 3. The normalized spacial score (nSPS) is 11.0. The number of aryl methyl sites for hydroxylation is 2. The zero-order valence-corrected chi connectivity index (χ0v) is 14.9. The molecule has 0 spiro atoms. The van der Waals surface area contributed by atoms with Crippen LogP contribution in [0.15, 0.2) is 48.7 Å². The number of para-hydroxylation sites is 1. The van der Waals surface area contributed by atoms with Crippen molar-refractivity contribution >= 4 is 22.5 Å². The van der Waals surface area contributed by atoms with Gasteiger partial charge in [-0.1, -0.05) is 35.9 Å². The number of rotatable bonds is 7. The van der Waals surface area contributed by atoms with Gasteiger partial charge in [-0.15, -0.1) is 0 Å². The van der Waals surface area contributed by atoms with Crippen molar-refractivity contribution in [2.45, 2.75) is 26.7 Å². The Hall–Kier alpha value is -2.59. The summed E-state index contributed by atoms with van der Waals surface area (Å²) in [6.45, 7) is 5.61. The van der Waals surface area contributed by atoms with Crippen LogP contribution in [0.5, 0.6) is 0 Å². The Bertz CT molecular complexity index is 866. The van der Waals surface area contributed by atoms with E-state index in [1.807, 2.05) is 25.1 Å². The highest BCUT2D eigenvalue weighted by molar-refractivity contribution is 5.91. The second-order valence-electron chi connectivity index (χ2n) is 6.48. The zero-order chi connectivity index (χ0) is 17.6. The first-order chi connectivity index (χ1) is 12.1. The van der Waals surface area contributed by atoms with E-state index in [0.717, 1.165) is 24.2 Å². The summed E-state index contributed by atoms with van der Waals surface area (Å²) in [7, 11) is 0. The van der Waals surface area contributed by atoms with Gasteiger partial charge in [0.05, 0.1) is 0 Å². The van der Waals surface area contributed by atoms with Gasteiger partial charge in [0, 0.05) is 35.8 Å². The summed E-state index contributed by atoms with van der Waals surface area (Å²) < 4.78 is 0. The van der Waals surface area contributed by atoms with Gasteiger partial charge in [0.15, 0.2) is 0 Å². The molecule has 0 fully saturated rings. The lowest BCUT2D eigenvalue weighted by atomic mass is 10.1. The number of aromatic nitrogens is 1. The molecule has 0 unspecified atom stereocenters. The van der Waals surface area contributed by atoms with Crippen LogP contribution in [0, 0.1) is 13.8 Å². The lowest BCUT2D eigenvalue weighted by Crippen LogP contribution is -2.23. The number of hydrogen-bond acceptors (Lipinski definition) is 2. The fraction of sp³-hybridized carbons (Fsp3) is 0.286. The molecule has 0 saturated heterocycles. The van der Waals surface area contributed by atoms with Crippen LogP contribution in [-0.4, -0.2) is 24.0 Å². The molecule has 0 aliphatic carbocycles. The number of nitrogens with one attached hydrogen (secondary N) is 3. The highest BCUT2D eigenvalue weighted by Gasteiger charge is 2.05. The summed E-state index contributed by atoms with van der Waals surface area (Å²) in [5, 5.41) is 7.61. The standard InChI is InChI=1S/C21H25N3O/c1-15-7-8-19(16(2)13-15)24-21(25)10-12-22-11-9-17-14-23-20-6-4-3-5-18(17)20/h3-8,13-14,22-23H,9-12H2,1-2H3,(H,24,25). The summed E-state index contributed by atoms with van der Waals surface area (Å²) in [6, 6.07) is 14.4. The van der Waals surface area contributed by atoms with E-state index >= 15 is 0 Å². The minimum absolute atomic E-state index is 0.0477. The quantitative estimate of drug-likeness (QED) is 0.573. The van der Waals surface area contributed by atoms with Crippen LogP contribution in [0.25, 0.3) is 10.9 Å². The summed E-state index contributed by atoms with van der Waals surface area (Å²) in [4.78, 5) is 15.4. The molecular formula is C21H25N3O. The molecule has 0 aliphatic heterocycles. The van der Waals surface area contributed by atoms with Gasteiger partial charge in [-0.2, -0.15) is 0 Å². The van der Waals surface area contributed by atoms with Crippen LogP contribution in [0.4, 0.5) is 5.69 Å². The molecule has 0 atom stereocenters. The Morgan fingerprint density at radius 2 is 1.92 bits per heavy atom. The van der Waals surface area contributed by atoms with E-state index < -0.39 is 0 Å².